The van der Waals surface area contributed by atoms with E-state index in [2.05, 4.69) is 15.3 Å². The summed E-state index contributed by atoms with van der Waals surface area (Å²) in [5.74, 6) is -1.54. The van der Waals surface area contributed by atoms with Gasteiger partial charge in [0, 0.05) is 23.5 Å². The van der Waals surface area contributed by atoms with Gasteiger partial charge in [0.2, 0.25) is 0 Å². The Bertz CT molecular complexity index is 1380. The minimum atomic E-state index is -3.75. The van der Waals surface area contributed by atoms with Crippen LogP contribution in [0.5, 0.6) is 0 Å². The van der Waals surface area contributed by atoms with Gasteiger partial charge in [-0.25, -0.2) is 26.5 Å². The van der Waals surface area contributed by atoms with Gasteiger partial charge in [0.15, 0.2) is 11.6 Å². The Morgan fingerprint density at radius 1 is 1.03 bits per heavy atom. The van der Waals surface area contributed by atoms with Gasteiger partial charge in [-0.3, -0.25) is 0 Å². The van der Waals surface area contributed by atoms with Gasteiger partial charge in [0.05, 0.1) is 10.2 Å². The summed E-state index contributed by atoms with van der Waals surface area (Å²) >= 11 is 0. The molecule has 2 aromatic carbocycles. The first-order valence-electron chi connectivity index (χ1n) is 8.74. The number of halogens is 2. The third kappa shape index (κ3) is 2.73. The summed E-state index contributed by atoms with van der Waals surface area (Å²) < 4.78 is 54.0. The number of aromatic nitrogens is 2. The van der Waals surface area contributed by atoms with Gasteiger partial charge in [0.25, 0.3) is 10.0 Å². The second kappa shape index (κ2) is 6.28. The van der Waals surface area contributed by atoms with Crippen molar-refractivity contribution >= 4 is 21.8 Å². The molecule has 29 heavy (non-hydrogen) atoms. The SMILES string of the molecule is O=S(=O)(c1ccccc1)N1C=CC2=c3[nH]c(-c4ccc(F)c(F)c4)nc3=CNC21. The molecule has 0 fully saturated rings. The molecule has 0 amide bonds. The second-order valence-corrected chi connectivity index (χ2v) is 8.45. The molecule has 2 N–H and O–H groups in total. The van der Waals surface area contributed by atoms with Crippen molar-refractivity contribution in [3.8, 4) is 11.4 Å². The largest absolute Gasteiger partial charge is 0.365 e. The molecule has 0 aliphatic carbocycles. The van der Waals surface area contributed by atoms with Crippen LogP contribution in [0.4, 0.5) is 8.78 Å². The summed E-state index contributed by atoms with van der Waals surface area (Å²) in [4.78, 5) is 7.70. The molecule has 1 atom stereocenters. The summed E-state index contributed by atoms with van der Waals surface area (Å²) in [6.07, 6.45) is 4.16. The number of sulfonamides is 1. The van der Waals surface area contributed by atoms with Crippen LogP contribution in [0.1, 0.15) is 0 Å². The van der Waals surface area contributed by atoms with Crippen LogP contribution in [0.3, 0.4) is 0 Å². The number of H-pyrrole nitrogens is 1. The lowest BCUT2D eigenvalue weighted by Crippen LogP contribution is -2.48. The van der Waals surface area contributed by atoms with Crippen molar-refractivity contribution < 1.29 is 17.2 Å². The zero-order chi connectivity index (χ0) is 20.2. The molecule has 0 radical (unpaired) electrons. The quantitative estimate of drug-likeness (QED) is 0.682. The molecule has 2 aliphatic rings. The molecule has 146 valence electrons. The predicted molar refractivity (Wildman–Crippen MR) is 103 cm³/mol. The number of imidazole rings is 1. The maximum Gasteiger partial charge on any atom is 0.265 e. The van der Waals surface area contributed by atoms with Crippen LogP contribution < -0.4 is 16.0 Å². The molecule has 0 saturated carbocycles. The average molecular weight is 412 g/mol. The minimum Gasteiger partial charge on any atom is -0.365 e. The van der Waals surface area contributed by atoms with Gasteiger partial charge in [-0.1, -0.05) is 18.2 Å². The lowest BCUT2D eigenvalue weighted by Gasteiger charge is -2.27. The zero-order valence-electron chi connectivity index (χ0n) is 14.8. The highest BCUT2D eigenvalue weighted by Crippen LogP contribution is 2.27. The van der Waals surface area contributed by atoms with Gasteiger partial charge >= 0.3 is 0 Å². The first-order valence-corrected chi connectivity index (χ1v) is 10.2. The standard InChI is InChI=1S/C20H14F2N4O2S/c21-15-7-6-12(10-16(15)22)19-24-17-11-23-20-14(18(17)25-19)8-9-26(20)29(27,28)13-4-2-1-3-5-13/h1-11,20,23H,(H,24,25). The Kier molecular flexibility index (Phi) is 3.82. The van der Waals surface area contributed by atoms with Crippen LogP contribution in [0, 0.1) is 11.6 Å². The van der Waals surface area contributed by atoms with Gasteiger partial charge in [-0.15, -0.1) is 0 Å². The third-order valence-corrected chi connectivity index (χ3v) is 6.62. The van der Waals surface area contributed by atoms with E-state index < -0.39 is 27.8 Å². The summed E-state index contributed by atoms with van der Waals surface area (Å²) in [7, 11) is -3.75. The summed E-state index contributed by atoms with van der Waals surface area (Å²) in [5.41, 5.74) is 1.07. The molecular formula is C20H14F2N4O2S. The van der Waals surface area contributed by atoms with E-state index >= 15 is 0 Å². The van der Waals surface area contributed by atoms with E-state index in [1.165, 1.54) is 28.7 Å². The Morgan fingerprint density at radius 2 is 1.83 bits per heavy atom. The first kappa shape index (κ1) is 17.6. The van der Waals surface area contributed by atoms with Crippen LogP contribution in [0.25, 0.3) is 23.2 Å². The van der Waals surface area contributed by atoms with Crippen LogP contribution in [-0.2, 0) is 10.0 Å². The van der Waals surface area contributed by atoms with Crippen molar-refractivity contribution in [3.05, 3.63) is 83.1 Å². The van der Waals surface area contributed by atoms with Crippen LogP contribution >= 0.6 is 0 Å². The van der Waals surface area contributed by atoms with Gasteiger partial charge in [0.1, 0.15) is 17.3 Å². The van der Waals surface area contributed by atoms with Gasteiger partial charge in [-0.2, -0.15) is 0 Å². The molecule has 3 aromatic rings. The van der Waals surface area contributed by atoms with E-state index in [-0.39, 0.29) is 4.90 Å². The Labute approximate surface area is 164 Å². The van der Waals surface area contributed by atoms with Crippen LogP contribution in [0.15, 0.2) is 65.7 Å². The third-order valence-electron chi connectivity index (χ3n) is 4.86. The lowest BCUT2D eigenvalue weighted by atomic mass is 10.2. The molecule has 9 heteroatoms. The summed E-state index contributed by atoms with van der Waals surface area (Å²) in [5, 5.41) is 4.23. The minimum absolute atomic E-state index is 0.186. The highest BCUT2D eigenvalue weighted by molar-refractivity contribution is 7.89. The molecule has 0 spiro atoms. The van der Waals surface area contributed by atoms with Crippen molar-refractivity contribution in [2.45, 2.75) is 11.1 Å². The number of nitrogens with one attached hydrogen (secondary N) is 2. The number of aromatic amines is 1. The van der Waals surface area contributed by atoms with Crippen molar-refractivity contribution in [1.82, 2.24) is 19.6 Å². The van der Waals surface area contributed by atoms with Gasteiger partial charge < -0.3 is 10.3 Å². The maximum absolute atomic E-state index is 13.6. The van der Waals surface area contributed by atoms with E-state index in [9.17, 15) is 17.2 Å². The second-order valence-electron chi connectivity index (χ2n) is 6.61. The Hall–Kier alpha value is -3.46. The van der Waals surface area contributed by atoms with Crippen molar-refractivity contribution in [1.29, 1.82) is 0 Å². The zero-order valence-corrected chi connectivity index (χ0v) is 15.6. The van der Waals surface area contributed by atoms with Crippen LogP contribution in [-0.4, -0.2) is 28.9 Å². The van der Waals surface area contributed by atoms with E-state index in [0.29, 0.717) is 27.7 Å². The van der Waals surface area contributed by atoms with E-state index in [1.807, 2.05) is 0 Å². The monoisotopic (exact) mass is 412 g/mol. The fourth-order valence-electron chi connectivity index (χ4n) is 3.43. The smallest absolute Gasteiger partial charge is 0.265 e. The Balaban J connectivity index is 1.58. The number of hydrogen-bond donors (Lipinski definition) is 2. The topological polar surface area (TPSA) is 78.1 Å². The lowest BCUT2D eigenvalue weighted by molar-refractivity contribution is 0.448. The molecule has 6 nitrogen and oxygen atoms in total. The maximum atomic E-state index is 13.6. The normalized spacial score (nSPS) is 17.5. The number of hydrogen-bond acceptors (Lipinski definition) is 4. The highest BCUT2D eigenvalue weighted by Gasteiger charge is 2.35. The van der Waals surface area contributed by atoms with Crippen molar-refractivity contribution in [3.63, 3.8) is 0 Å². The van der Waals surface area contributed by atoms with Crippen molar-refractivity contribution in [2.24, 2.45) is 0 Å². The van der Waals surface area contributed by atoms with Crippen molar-refractivity contribution in [2.75, 3.05) is 0 Å². The predicted octanol–water partition coefficient (Wildman–Crippen LogP) is 1.39. The molecule has 0 saturated heterocycles. The average Bonchev–Trinajstić information content (AvgIpc) is 3.34. The molecule has 5 rings (SSSR count). The van der Waals surface area contributed by atoms with Crippen LogP contribution in [0.2, 0.25) is 0 Å². The summed E-state index contributed by atoms with van der Waals surface area (Å²) in [6, 6.07) is 11.7. The highest BCUT2D eigenvalue weighted by atomic mass is 32.2. The number of benzene rings is 2. The Morgan fingerprint density at radius 3 is 2.59 bits per heavy atom. The molecule has 0 bridgehead atoms. The van der Waals surface area contributed by atoms with E-state index in [4.69, 9.17) is 0 Å². The molecule has 3 heterocycles. The number of nitrogens with zero attached hydrogens (tertiary/aromatic N) is 2. The fourth-order valence-corrected chi connectivity index (χ4v) is 4.85. The first-order chi connectivity index (χ1) is 13.9. The molecule has 2 aliphatic heterocycles. The summed E-state index contributed by atoms with van der Waals surface area (Å²) in [6.45, 7) is 0. The number of fused-ring (bicyclic) bond motifs is 2. The van der Waals surface area contributed by atoms with Gasteiger partial charge in [-0.05, 0) is 36.4 Å². The molecule has 1 unspecified atom stereocenters. The number of rotatable bonds is 3. The van der Waals surface area contributed by atoms with E-state index in [0.717, 1.165) is 12.1 Å². The fraction of sp³-hybridized carbons (Fsp3) is 0.0500. The van der Waals surface area contributed by atoms with E-state index in [1.54, 1.807) is 30.5 Å². The molecular weight excluding hydrogens is 398 g/mol. The molecule has 1 aromatic heterocycles.